The number of hydrogen-bond acceptors (Lipinski definition) is 6. The molecule has 1 amide bonds. The molecule has 0 spiro atoms. The van der Waals surface area contributed by atoms with Crippen LogP contribution in [0.3, 0.4) is 0 Å². The van der Waals surface area contributed by atoms with Crippen LogP contribution in [0, 0.1) is 0 Å². The number of pyridine rings is 1. The zero-order valence-corrected chi connectivity index (χ0v) is 11.7. The summed E-state index contributed by atoms with van der Waals surface area (Å²) < 4.78 is 7.33. The molecule has 0 aromatic carbocycles. The van der Waals surface area contributed by atoms with E-state index in [1.807, 2.05) is 13.2 Å². The number of carbonyl (C=O) groups excluding carboxylic acids is 1. The number of hydrogen-bond donors (Lipinski definition) is 1. The number of nitrogens with zero attached hydrogens (tertiary/aromatic N) is 5. The number of rotatable bonds is 5. The highest BCUT2D eigenvalue weighted by molar-refractivity contribution is 5.68. The highest BCUT2D eigenvalue weighted by atomic mass is 16.5. The molecule has 22 heavy (non-hydrogen) atoms. The molecule has 0 radical (unpaired) electrons. The molecular weight excluding hydrogens is 284 g/mol. The lowest BCUT2D eigenvalue weighted by molar-refractivity contribution is -0.105. The lowest BCUT2D eigenvalue weighted by Crippen LogP contribution is -1.98. The smallest absolute Gasteiger partial charge is 0.237 e. The summed E-state index contributed by atoms with van der Waals surface area (Å²) >= 11 is 0. The molecule has 8 heteroatoms. The van der Waals surface area contributed by atoms with Gasteiger partial charge in [-0.25, -0.2) is 9.97 Å². The molecule has 0 bridgehead atoms. The van der Waals surface area contributed by atoms with E-state index >= 15 is 0 Å². The van der Waals surface area contributed by atoms with Crippen molar-refractivity contribution in [1.82, 2.24) is 24.7 Å². The lowest BCUT2D eigenvalue weighted by atomic mass is 10.2. The van der Waals surface area contributed by atoms with E-state index in [0.717, 1.165) is 11.3 Å². The van der Waals surface area contributed by atoms with E-state index in [1.165, 1.54) is 12.4 Å². The first-order chi connectivity index (χ1) is 10.7. The summed E-state index contributed by atoms with van der Waals surface area (Å²) in [5.74, 6) is 1.26. The number of nitrogens with one attached hydrogen (secondary N) is 1. The third kappa shape index (κ3) is 3.06. The molecule has 3 aromatic rings. The highest BCUT2D eigenvalue weighted by Crippen LogP contribution is 2.24. The number of carbonyl (C=O) groups is 1. The van der Waals surface area contributed by atoms with Gasteiger partial charge in [-0.1, -0.05) is 0 Å². The van der Waals surface area contributed by atoms with Gasteiger partial charge in [-0.2, -0.15) is 5.10 Å². The van der Waals surface area contributed by atoms with Crippen LogP contribution in [-0.2, 0) is 11.8 Å². The fourth-order valence-electron chi connectivity index (χ4n) is 1.81. The van der Waals surface area contributed by atoms with Crippen LogP contribution in [0.2, 0.25) is 0 Å². The van der Waals surface area contributed by atoms with Crippen molar-refractivity contribution >= 4 is 12.2 Å². The van der Waals surface area contributed by atoms with Gasteiger partial charge in [0.15, 0.2) is 5.82 Å². The Morgan fingerprint density at radius 3 is 2.82 bits per heavy atom. The standard InChI is InChI=1S/C14H12N6O2/c1-20-8-10(5-19-20)12-4-11(2-3-15-12)22-14-7-16-13(6-17-14)18-9-21/h2-9H,1H3,(H,16,18,21). The molecule has 8 nitrogen and oxygen atoms in total. The second-order valence-electron chi connectivity index (χ2n) is 4.38. The minimum absolute atomic E-state index is 0.319. The first kappa shape index (κ1) is 13.7. The van der Waals surface area contributed by atoms with E-state index in [-0.39, 0.29) is 0 Å². The predicted octanol–water partition coefficient (Wildman–Crippen LogP) is 1.63. The number of anilines is 1. The first-order valence-electron chi connectivity index (χ1n) is 6.40. The summed E-state index contributed by atoms with van der Waals surface area (Å²) in [4.78, 5) is 22.6. The van der Waals surface area contributed by atoms with Crippen molar-refractivity contribution in [2.24, 2.45) is 7.05 Å². The lowest BCUT2D eigenvalue weighted by Gasteiger charge is -2.05. The van der Waals surface area contributed by atoms with E-state index < -0.39 is 0 Å². The van der Waals surface area contributed by atoms with Crippen molar-refractivity contribution in [3.05, 3.63) is 43.1 Å². The van der Waals surface area contributed by atoms with Crippen LogP contribution < -0.4 is 10.1 Å². The Morgan fingerprint density at radius 2 is 2.14 bits per heavy atom. The fourth-order valence-corrected chi connectivity index (χ4v) is 1.81. The molecule has 0 fully saturated rings. The molecule has 0 unspecified atom stereocenters. The van der Waals surface area contributed by atoms with E-state index in [1.54, 1.807) is 29.2 Å². The molecule has 110 valence electrons. The maximum Gasteiger partial charge on any atom is 0.237 e. The Bertz CT molecular complexity index is 784. The third-order valence-corrected chi connectivity index (χ3v) is 2.79. The molecule has 3 rings (SSSR count). The molecule has 0 aliphatic rings. The maximum absolute atomic E-state index is 10.3. The summed E-state index contributed by atoms with van der Waals surface area (Å²) in [5, 5.41) is 6.51. The van der Waals surface area contributed by atoms with Crippen LogP contribution in [0.4, 0.5) is 5.82 Å². The summed E-state index contributed by atoms with van der Waals surface area (Å²) in [7, 11) is 1.84. The van der Waals surface area contributed by atoms with Crippen molar-refractivity contribution in [2.75, 3.05) is 5.32 Å². The fraction of sp³-hybridized carbons (Fsp3) is 0.0714. The SMILES string of the molecule is Cn1cc(-c2cc(Oc3cnc(NC=O)cn3)ccn2)cn1. The topological polar surface area (TPSA) is 94.8 Å². The average Bonchev–Trinajstić information content (AvgIpc) is 2.97. The molecule has 3 aromatic heterocycles. The van der Waals surface area contributed by atoms with Gasteiger partial charge in [0, 0.05) is 31.1 Å². The van der Waals surface area contributed by atoms with E-state index in [4.69, 9.17) is 4.74 Å². The highest BCUT2D eigenvalue weighted by Gasteiger charge is 2.05. The van der Waals surface area contributed by atoms with Crippen LogP contribution in [0.5, 0.6) is 11.6 Å². The number of aromatic nitrogens is 5. The Morgan fingerprint density at radius 1 is 1.23 bits per heavy atom. The quantitative estimate of drug-likeness (QED) is 0.719. The number of amides is 1. The van der Waals surface area contributed by atoms with Crippen LogP contribution in [0.15, 0.2) is 43.1 Å². The van der Waals surface area contributed by atoms with Crippen molar-refractivity contribution in [1.29, 1.82) is 0 Å². The van der Waals surface area contributed by atoms with E-state index in [0.29, 0.717) is 23.9 Å². The van der Waals surface area contributed by atoms with Gasteiger partial charge in [-0.05, 0) is 6.07 Å². The van der Waals surface area contributed by atoms with Crippen LogP contribution in [0.1, 0.15) is 0 Å². The third-order valence-electron chi connectivity index (χ3n) is 2.79. The van der Waals surface area contributed by atoms with E-state index in [9.17, 15) is 4.79 Å². The molecule has 0 atom stereocenters. The van der Waals surface area contributed by atoms with Crippen molar-refractivity contribution in [3.8, 4) is 22.9 Å². The summed E-state index contributed by atoms with van der Waals surface area (Å²) in [6, 6.07) is 3.51. The van der Waals surface area contributed by atoms with Crippen molar-refractivity contribution in [3.63, 3.8) is 0 Å². The molecule has 3 heterocycles. The summed E-state index contributed by atoms with van der Waals surface area (Å²) in [5.41, 5.74) is 1.64. The molecular formula is C14H12N6O2. The van der Waals surface area contributed by atoms with Gasteiger partial charge in [0.05, 0.1) is 24.3 Å². The number of aryl methyl sites for hydroxylation is 1. The zero-order valence-electron chi connectivity index (χ0n) is 11.7. The average molecular weight is 296 g/mol. The van der Waals surface area contributed by atoms with Crippen LogP contribution in [-0.4, -0.2) is 31.1 Å². The summed E-state index contributed by atoms with van der Waals surface area (Å²) in [6.45, 7) is 0. The van der Waals surface area contributed by atoms with Crippen molar-refractivity contribution in [2.45, 2.75) is 0 Å². The molecule has 1 N–H and O–H groups in total. The minimum Gasteiger partial charge on any atom is -0.437 e. The Kier molecular flexibility index (Phi) is 3.73. The second kappa shape index (κ2) is 6.00. The molecule has 0 saturated heterocycles. The molecule has 0 aliphatic heterocycles. The second-order valence-corrected chi connectivity index (χ2v) is 4.38. The summed E-state index contributed by atoms with van der Waals surface area (Å²) in [6.07, 6.45) is 8.61. The Labute approximate surface area is 125 Å². The van der Waals surface area contributed by atoms with Gasteiger partial charge in [-0.15, -0.1) is 0 Å². The van der Waals surface area contributed by atoms with Crippen LogP contribution >= 0.6 is 0 Å². The minimum atomic E-state index is 0.319. The Balaban J connectivity index is 1.79. The zero-order chi connectivity index (χ0) is 15.4. The van der Waals surface area contributed by atoms with Crippen LogP contribution in [0.25, 0.3) is 11.3 Å². The van der Waals surface area contributed by atoms with E-state index in [2.05, 4.69) is 25.4 Å². The van der Waals surface area contributed by atoms with Gasteiger partial charge in [0.2, 0.25) is 12.3 Å². The largest absolute Gasteiger partial charge is 0.437 e. The van der Waals surface area contributed by atoms with Crippen molar-refractivity contribution < 1.29 is 9.53 Å². The van der Waals surface area contributed by atoms with Gasteiger partial charge in [-0.3, -0.25) is 14.5 Å². The maximum atomic E-state index is 10.3. The first-order valence-corrected chi connectivity index (χ1v) is 6.40. The number of ether oxygens (including phenoxy) is 1. The molecule has 0 aliphatic carbocycles. The van der Waals surface area contributed by atoms with Gasteiger partial charge < -0.3 is 10.1 Å². The van der Waals surface area contributed by atoms with Gasteiger partial charge >= 0.3 is 0 Å². The Hall–Kier alpha value is -3.29. The molecule has 0 saturated carbocycles. The predicted molar refractivity (Wildman–Crippen MR) is 78.2 cm³/mol. The normalized spacial score (nSPS) is 10.2. The van der Waals surface area contributed by atoms with Gasteiger partial charge in [0.25, 0.3) is 0 Å². The monoisotopic (exact) mass is 296 g/mol. The van der Waals surface area contributed by atoms with Gasteiger partial charge in [0.1, 0.15) is 5.75 Å².